The monoisotopic (exact) mass is 414 g/mol. The third-order valence-electron chi connectivity index (χ3n) is 3.82. The fourth-order valence-corrected chi connectivity index (χ4v) is 2.49. The molecule has 0 aromatic heterocycles. The van der Waals surface area contributed by atoms with Crippen LogP contribution in [0.15, 0.2) is 54.6 Å². The van der Waals surface area contributed by atoms with Crippen molar-refractivity contribution < 1.29 is 28.6 Å². The molecule has 8 nitrogen and oxygen atoms in total. The highest BCUT2D eigenvalue weighted by Gasteiger charge is 2.26. The van der Waals surface area contributed by atoms with Crippen LogP contribution in [0.4, 0.5) is 4.79 Å². The molecule has 0 aliphatic carbocycles. The van der Waals surface area contributed by atoms with Gasteiger partial charge in [-0.25, -0.2) is 9.59 Å². The SMILES string of the molecule is CCCOc1ccccc1OCC(=O)O[C@@H](C(=O)NC(=O)NCC)c1ccccc1. The van der Waals surface area contributed by atoms with Gasteiger partial charge in [0.1, 0.15) is 0 Å². The topological polar surface area (TPSA) is 103 Å². The Morgan fingerprint density at radius 3 is 2.17 bits per heavy atom. The van der Waals surface area contributed by atoms with Crippen molar-refractivity contribution in [1.29, 1.82) is 0 Å². The fraction of sp³-hybridized carbons (Fsp3) is 0.318. The number of nitrogens with one attached hydrogen (secondary N) is 2. The van der Waals surface area contributed by atoms with Gasteiger partial charge in [-0.3, -0.25) is 10.1 Å². The van der Waals surface area contributed by atoms with Crippen LogP contribution < -0.4 is 20.1 Å². The summed E-state index contributed by atoms with van der Waals surface area (Å²) < 4.78 is 16.4. The van der Waals surface area contributed by atoms with E-state index in [4.69, 9.17) is 14.2 Å². The number of ether oxygens (including phenoxy) is 3. The smallest absolute Gasteiger partial charge is 0.345 e. The van der Waals surface area contributed by atoms with Gasteiger partial charge in [0, 0.05) is 12.1 Å². The van der Waals surface area contributed by atoms with Crippen molar-refractivity contribution in [3.05, 3.63) is 60.2 Å². The Kier molecular flexibility index (Phi) is 9.18. The maximum atomic E-state index is 12.5. The summed E-state index contributed by atoms with van der Waals surface area (Å²) in [7, 11) is 0. The number of rotatable bonds is 10. The fourth-order valence-electron chi connectivity index (χ4n) is 2.49. The predicted octanol–water partition coefficient (Wildman–Crippen LogP) is 2.98. The molecule has 3 amide bonds. The second-order valence-corrected chi connectivity index (χ2v) is 6.21. The third-order valence-corrected chi connectivity index (χ3v) is 3.82. The number of para-hydroxylation sites is 2. The molecule has 1 atom stereocenters. The highest BCUT2D eigenvalue weighted by Crippen LogP contribution is 2.26. The Bertz CT molecular complexity index is 841. The Balaban J connectivity index is 2.04. The average Bonchev–Trinajstić information content (AvgIpc) is 2.75. The van der Waals surface area contributed by atoms with Crippen LogP contribution in [0.1, 0.15) is 31.9 Å². The minimum atomic E-state index is -1.29. The summed E-state index contributed by atoms with van der Waals surface area (Å²) >= 11 is 0. The minimum absolute atomic E-state index is 0.349. The van der Waals surface area contributed by atoms with Gasteiger partial charge in [-0.2, -0.15) is 0 Å². The van der Waals surface area contributed by atoms with Crippen molar-refractivity contribution in [2.24, 2.45) is 0 Å². The van der Waals surface area contributed by atoms with Crippen LogP contribution in [0, 0.1) is 0 Å². The first-order chi connectivity index (χ1) is 14.5. The van der Waals surface area contributed by atoms with E-state index < -0.39 is 30.6 Å². The van der Waals surface area contributed by atoms with Gasteiger partial charge in [-0.1, -0.05) is 49.4 Å². The van der Waals surface area contributed by atoms with Crippen LogP contribution in [-0.4, -0.2) is 37.7 Å². The molecule has 0 radical (unpaired) electrons. The molecule has 0 saturated carbocycles. The van der Waals surface area contributed by atoms with Crippen molar-refractivity contribution in [3.63, 3.8) is 0 Å². The summed E-state index contributed by atoms with van der Waals surface area (Å²) in [5.41, 5.74) is 0.430. The number of carbonyl (C=O) groups excluding carboxylic acids is 3. The Morgan fingerprint density at radius 2 is 1.53 bits per heavy atom. The Labute approximate surface area is 175 Å². The molecule has 0 spiro atoms. The number of amides is 3. The lowest BCUT2D eigenvalue weighted by atomic mass is 10.1. The standard InChI is InChI=1S/C22H26N2O6/c1-3-14-28-17-12-8-9-13-18(17)29-15-19(25)30-20(16-10-6-5-7-11-16)21(26)24-22(27)23-4-2/h5-13,20H,3-4,14-15H2,1-2H3,(H2,23,24,26,27)/t20-/m1/s1. The van der Waals surface area contributed by atoms with E-state index in [0.717, 1.165) is 6.42 Å². The number of urea groups is 1. The summed E-state index contributed by atoms with van der Waals surface area (Å²) in [4.78, 5) is 36.6. The molecule has 30 heavy (non-hydrogen) atoms. The molecule has 0 unspecified atom stereocenters. The molecule has 8 heteroatoms. The zero-order valence-electron chi connectivity index (χ0n) is 17.1. The number of hydrogen-bond donors (Lipinski definition) is 2. The van der Waals surface area contributed by atoms with Crippen LogP contribution in [0.25, 0.3) is 0 Å². The van der Waals surface area contributed by atoms with Crippen LogP contribution in [-0.2, 0) is 14.3 Å². The third kappa shape index (κ3) is 7.12. The summed E-state index contributed by atoms with van der Waals surface area (Å²) in [5.74, 6) is -0.612. The summed E-state index contributed by atoms with van der Waals surface area (Å²) in [5, 5.41) is 4.62. The molecule has 0 aliphatic rings. The molecule has 0 aliphatic heterocycles. The lowest BCUT2D eigenvalue weighted by molar-refractivity contribution is -0.158. The summed E-state index contributed by atoms with van der Waals surface area (Å²) in [6.45, 7) is 4.14. The van der Waals surface area contributed by atoms with Gasteiger partial charge in [0.2, 0.25) is 6.10 Å². The van der Waals surface area contributed by atoms with E-state index in [-0.39, 0.29) is 0 Å². The highest BCUT2D eigenvalue weighted by atomic mass is 16.6. The van der Waals surface area contributed by atoms with E-state index in [1.807, 2.05) is 6.92 Å². The lowest BCUT2D eigenvalue weighted by Gasteiger charge is -2.18. The first-order valence-corrected chi connectivity index (χ1v) is 9.72. The van der Waals surface area contributed by atoms with Gasteiger partial charge in [0.15, 0.2) is 18.1 Å². The van der Waals surface area contributed by atoms with E-state index in [1.54, 1.807) is 61.5 Å². The quantitative estimate of drug-likeness (QED) is 0.580. The van der Waals surface area contributed by atoms with E-state index in [2.05, 4.69) is 10.6 Å². The van der Waals surface area contributed by atoms with Crippen molar-refractivity contribution in [3.8, 4) is 11.5 Å². The van der Waals surface area contributed by atoms with Crippen LogP contribution in [0.5, 0.6) is 11.5 Å². The van der Waals surface area contributed by atoms with Gasteiger partial charge >= 0.3 is 12.0 Å². The Hall–Kier alpha value is -3.55. The number of carbonyl (C=O) groups is 3. The average molecular weight is 414 g/mol. The normalized spacial score (nSPS) is 11.1. The molecular formula is C22H26N2O6. The van der Waals surface area contributed by atoms with Crippen molar-refractivity contribution in [1.82, 2.24) is 10.6 Å². The maximum Gasteiger partial charge on any atom is 0.345 e. The van der Waals surface area contributed by atoms with E-state index in [9.17, 15) is 14.4 Å². The molecule has 2 aromatic carbocycles. The molecule has 0 fully saturated rings. The molecule has 0 bridgehead atoms. The maximum absolute atomic E-state index is 12.5. The number of hydrogen-bond acceptors (Lipinski definition) is 6. The molecule has 2 aromatic rings. The Morgan fingerprint density at radius 1 is 0.900 bits per heavy atom. The second kappa shape index (κ2) is 12.1. The van der Waals surface area contributed by atoms with Gasteiger partial charge in [-0.05, 0) is 25.5 Å². The van der Waals surface area contributed by atoms with E-state index in [1.165, 1.54) is 0 Å². The zero-order valence-corrected chi connectivity index (χ0v) is 17.1. The largest absolute Gasteiger partial charge is 0.490 e. The van der Waals surface area contributed by atoms with Crippen LogP contribution >= 0.6 is 0 Å². The number of esters is 1. The predicted molar refractivity (Wildman–Crippen MR) is 110 cm³/mol. The molecular weight excluding hydrogens is 388 g/mol. The van der Waals surface area contributed by atoms with Gasteiger partial charge < -0.3 is 19.5 Å². The first-order valence-electron chi connectivity index (χ1n) is 9.72. The van der Waals surface area contributed by atoms with E-state index in [0.29, 0.717) is 30.2 Å². The molecule has 2 N–H and O–H groups in total. The lowest BCUT2D eigenvalue weighted by Crippen LogP contribution is -2.42. The van der Waals surface area contributed by atoms with Gasteiger partial charge in [0.25, 0.3) is 5.91 Å². The summed E-state index contributed by atoms with van der Waals surface area (Å²) in [6, 6.07) is 14.7. The summed E-state index contributed by atoms with van der Waals surface area (Å²) in [6.07, 6.45) is -0.466. The number of benzene rings is 2. The highest BCUT2D eigenvalue weighted by molar-refractivity contribution is 5.97. The molecule has 0 saturated heterocycles. The number of imide groups is 1. The zero-order chi connectivity index (χ0) is 21.8. The molecule has 2 rings (SSSR count). The van der Waals surface area contributed by atoms with Crippen molar-refractivity contribution in [2.45, 2.75) is 26.4 Å². The molecule has 160 valence electrons. The minimum Gasteiger partial charge on any atom is -0.490 e. The van der Waals surface area contributed by atoms with Crippen LogP contribution in [0.2, 0.25) is 0 Å². The van der Waals surface area contributed by atoms with Gasteiger partial charge in [0.05, 0.1) is 6.61 Å². The van der Waals surface area contributed by atoms with E-state index >= 15 is 0 Å². The second-order valence-electron chi connectivity index (χ2n) is 6.21. The van der Waals surface area contributed by atoms with Crippen molar-refractivity contribution in [2.75, 3.05) is 19.8 Å². The van der Waals surface area contributed by atoms with Crippen LogP contribution in [0.3, 0.4) is 0 Å². The first kappa shape index (κ1) is 22.7. The van der Waals surface area contributed by atoms with Crippen molar-refractivity contribution >= 4 is 17.9 Å². The molecule has 0 heterocycles. The van der Waals surface area contributed by atoms with Gasteiger partial charge in [-0.15, -0.1) is 0 Å².